The van der Waals surface area contributed by atoms with Gasteiger partial charge in [0.2, 0.25) is 5.91 Å². The summed E-state index contributed by atoms with van der Waals surface area (Å²) in [4.78, 5) is 35.1. The Morgan fingerprint density at radius 2 is 1.81 bits per heavy atom. The molecule has 21 heavy (non-hydrogen) atoms. The Labute approximate surface area is 119 Å². The summed E-state index contributed by atoms with van der Waals surface area (Å²) in [7, 11) is 0. The van der Waals surface area contributed by atoms with Gasteiger partial charge >= 0.3 is 18.1 Å². The summed E-state index contributed by atoms with van der Waals surface area (Å²) in [6.07, 6.45) is -4.20. The van der Waals surface area contributed by atoms with Crippen molar-refractivity contribution in [3.63, 3.8) is 0 Å². The van der Waals surface area contributed by atoms with Crippen LogP contribution < -0.4 is 5.32 Å². The van der Waals surface area contributed by atoms with E-state index in [-0.39, 0.29) is 31.6 Å². The molecule has 0 atom stereocenters. The number of carbonyl (C=O) groups is 3. The van der Waals surface area contributed by atoms with Crippen molar-refractivity contribution in [2.45, 2.75) is 25.9 Å². The summed E-state index contributed by atoms with van der Waals surface area (Å²) in [6.45, 7) is 1.78. The van der Waals surface area contributed by atoms with Gasteiger partial charge in [-0.1, -0.05) is 0 Å². The zero-order chi connectivity index (χ0) is 16.0. The van der Waals surface area contributed by atoms with Crippen LogP contribution in [0.25, 0.3) is 0 Å². The van der Waals surface area contributed by atoms with Crippen molar-refractivity contribution in [3.05, 3.63) is 0 Å². The smallest absolute Gasteiger partial charge is 0.466 e. The molecular formula is C12H17F3N2O4. The summed E-state index contributed by atoms with van der Waals surface area (Å²) < 4.78 is 40.8. The molecular weight excluding hydrogens is 293 g/mol. The Balaban J connectivity index is 2.35. The maximum absolute atomic E-state index is 12.0. The van der Waals surface area contributed by atoms with E-state index >= 15 is 0 Å². The monoisotopic (exact) mass is 310 g/mol. The number of ether oxygens (including phenoxy) is 1. The summed E-state index contributed by atoms with van der Waals surface area (Å²) in [6, 6.07) is 0. The molecule has 6 nitrogen and oxygen atoms in total. The van der Waals surface area contributed by atoms with Crippen molar-refractivity contribution in [3.8, 4) is 0 Å². The molecule has 0 aliphatic carbocycles. The lowest BCUT2D eigenvalue weighted by molar-refractivity contribution is -0.174. The third-order valence-corrected chi connectivity index (χ3v) is 3.13. The van der Waals surface area contributed by atoms with E-state index in [2.05, 4.69) is 0 Å². The van der Waals surface area contributed by atoms with Crippen LogP contribution in [0, 0.1) is 5.92 Å². The second-order valence-corrected chi connectivity index (χ2v) is 4.59. The molecule has 1 saturated heterocycles. The van der Waals surface area contributed by atoms with Gasteiger partial charge in [0.05, 0.1) is 19.1 Å². The quantitative estimate of drug-likeness (QED) is 0.766. The molecule has 1 aliphatic heterocycles. The highest BCUT2D eigenvalue weighted by atomic mass is 19.4. The third kappa shape index (κ3) is 5.24. The van der Waals surface area contributed by atoms with Crippen LogP contribution in [-0.2, 0) is 19.1 Å². The van der Waals surface area contributed by atoms with Gasteiger partial charge in [0, 0.05) is 13.1 Å². The fourth-order valence-corrected chi connectivity index (χ4v) is 1.99. The molecule has 0 radical (unpaired) electrons. The van der Waals surface area contributed by atoms with E-state index in [1.807, 2.05) is 0 Å². The Kier molecular flexibility index (Phi) is 5.98. The van der Waals surface area contributed by atoms with Gasteiger partial charge in [-0.2, -0.15) is 13.2 Å². The van der Waals surface area contributed by atoms with E-state index in [0.29, 0.717) is 12.8 Å². The van der Waals surface area contributed by atoms with Crippen molar-refractivity contribution in [1.29, 1.82) is 0 Å². The standard InChI is InChI=1S/C12H17F3N2O4/c1-2-21-10(19)8-3-5-17(6-4-8)9(18)7-16-11(20)12(13,14)15/h8H,2-7H2,1H3,(H,16,20). The number of alkyl halides is 3. The number of esters is 1. The first-order valence-corrected chi connectivity index (χ1v) is 6.55. The number of likely N-dealkylation sites (tertiary alicyclic amines) is 1. The second kappa shape index (κ2) is 7.28. The van der Waals surface area contributed by atoms with E-state index in [9.17, 15) is 27.6 Å². The normalized spacial score (nSPS) is 16.5. The molecule has 1 heterocycles. The third-order valence-electron chi connectivity index (χ3n) is 3.13. The SMILES string of the molecule is CCOC(=O)C1CCN(C(=O)CNC(=O)C(F)(F)F)CC1. The highest BCUT2D eigenvalue weighted by Gasteiger charge is 2.39. The number of hydrogen-bond acceptors (Lipinski definition) is 4. The minimum Gasteiger partial charge on any atom is -0.466 e. The first-order chi connectivity index (χ1) is 9.75. The summed E-state index contributed by atoms with van der Waals surface area (Å²) >= 11 is 0. The van der Waals surface area contributed by atoms with Gasteiger partial charge in [-0.25, -0.2) is 0 Å². The Morgan fingerprint density at radius 1 is 1.24 bits per heavy atom. The molecule has 1 rings (SSSR count). The number of hydrogen-bond donors (Lipinski definition) is 1. The van der Waals surface area contributed by atoms with Gasteiger partial charge < -0.3 is 15.0 Å². The Hall–Kier alpha value is -1.80. The summed E-state index contributed by atoms with van der Waals surface area (Å²) in [5.74, 6) is -3.36. The van der Waals surface area contributed by atoms with Gasteiger partial charge in [0.15, 0.2) is 0 Å². The molecule has 0 aromatic carbocycles. The van der Waals surface area contributed by atoms with E-state index in [1.165, 1.54) is 10.2 Å². The Morgan fingerprint density at radius 3 is 2.29 bits per heavy atom. The van der Waals surface area contributed by atoms with Gasteiger partial charge in [-0.05, 0) is 19.8 Å². The van der Waals surface area contributed by atoms with Gasteiger partial charge in [0.1, 0.15) is 0 Å². The van der Waals surface area contributed by atoms with Crippen LogP contribution in [0.2, 0.25) is 0 Å². The van der Waals surface area contributed by atoms with Crippen LogP contribution in [0.1, 0.15) is 19.8 Å². The average molecular weight is 310 g/mol. The number of carbonyl (C=O) groups excluding carboxylic acids is 3. The second-order valence-electron chi connectivity index (χ2n) is 4.59. The van der Waals surface area contributed by atoms with Crippen LogP contribution in [-0.4, -0.2) is 55.1 Å². The zero-order valence-electron chi connectivity index (χ0n) is 11.5. The minimum atomic E-state index is -5.00. The maximum Gasteiger partial charge on any atom is 0.471 e. The summed E-state index contributed by atoms with van der Waals surface area (Å²) in [5.41, 5.74) is 0. The number of amides is 2. The average Bonchev–Trinajstić information content (AvgIpc) is 2.43. The molecule has 1 fully saturated rings. The van der Waals surface area contributed by atoms with Crippen LogP contribution in [0.15, 0.2) is 0 Å². The number of nitrogens with one attached hydrogen (secondary N) is 1. The van der Waals surface area contributed by atoms with Crippen molar-refractivity contribution in [2.75, 3.05) is 26.2 Å². The Bertz CT molecular complexity index is 404. The molecule has 0 aromatic heterocycles. The highest BCUT2D eigenvalue weighted by Crippen LogP contribution is 2.19. The number of halogens is 3. The zero-order valence-corrected chi connectivity index (χ0v) is 11.5. The molecule has 0 spiro atoms. The van der Waals surface area contributed by atoms with Crippen molar-refractivity contribution >= 4 is 17.8 Å². The molecule has 0 saturated carbocycles. The van der Waals surface area contributed by atoms with Crippen molar-refractivity contribution < 1.29 is 32.3 Å². The minimum absolute atomic E-state index is 0.254. The molecule has 1 N–H and O–H groups in total. The van der Waals surface area contributed by atoms with E-state index in [1.54, 1.807) is 6.92 Å². The summed E-state index contributed by atoms with van der Waals surface area (Å²) in [5, 5.41) is 1.53. The molecule has 2 amide bonds. The predicted octanol–water partition coefficient (Wildman–Crippen LogP) is 0.467. The molecule has 0 unspecified atom stereocenters. The van der Waals surface area contributed by atoms with Crippen LogP contribution >= 0.6 is 0 Å². The van der Waals surface area contributed by atoms with E-state index < -0.39 is 24.5 Å². The molecule has 9 heteroatoms. The topological polar surface area (TPSA) is 75.7 Å². The number of rotatable bonds is 4. The van der Waals surface area contributed by atoms with Gasteiger partial charge in [0.25, 0.3) is 0 Å². The van der Waals surface area contributed by atoms with Crippen LogP contribution in [0.3, 0.4) is 0 Å². The van der Waals surface area contributed by atoms with Gasteiger partial charge in [-0.3, -0.25) is 14.4 Å². The fraction of sp³-hybridized carbons (Fsp3) is 0.750. The van der Waals surface area contributed by atoms with Gasteiger partial charge in [-0.15, -0.1) is 0 Å². The number of nitrogens with zero attached hydrogens (tertiary/aromatic N) is 1. The molecule has 1 aliphatic rings. The molecule has 120 valence electrons. The van der Waals surface area contributed by atoms with E-state index in [4.69, 9.17) is 4.74 Å². The van der Waals surface area contributed by atoms with Crippen LogP contribution in [0.4, 0.5) is 13.2 Å². The highest BCUT2D eigenvalue weighted by molar-refractivity contribution is 5.87. The largest absolute Gasteiger partial charge is 0.471 e. The maximum atomic E-state index is 12.0. The fourth-order valence-electron chi connectivity index (χ4n) is 1.99. The van der Waals surface area contributed by atoms with E-state index in [0.717, 1.165) is 0 Å². The van der Waals surface area contributed by atoms with Crippen molar-refractivity contribution in [1.82, 2.24) is 10.2 Å². The first-order valence-electron chi connectivity index (χ1n) is 6.55. The predicted molar refractivity (Wildman–Crippen MR) is 65.0 cm³/mol. The lowest BCUT2D eigenvalue weighted by atomic mass is 9.97. The van der Waals surface area contributed by atoms with Crippen molar-refractivity contribution in [2.24, 2.45) is 5.92 Å². The molecule has 0 aromatic rings. The lowest BCUT2D eigenvalue weighted by Crippen LogP contribution is -2.47. The number of piperidine rings is 1. The first kappa shape index (κ1) is 17.3. The lowest BCUT2D eigenvalue weighted by Gasteiger charge is -2.31. The van der Waals surface area contributed by atoms with Crippen LogP contribution in [0.5, 0.6) is 0 Å². The molecule has 0 bridgehead atoms.